The van der Waals surface area contributed by atoms with Gasteiger partial charge in [0.15, 0.2) is 5.82 Å². The van der Waals surface area contributed by atoms with Crippen molar-refractivity contribution in [3.8, 4) is 5.88 Å². The summed E-state index contributed by atoms with van der Waals surface area (Å²) in [6.07, 6.45) is 7.87. The van der Waals surface area contributed by atoms with Gasteiger partial charge >= 0.3 is 0 Å². The highest BCUT2D eigenvalue weighted by Crippen LogP contribution is 2.42. The molecule has 0 bridgehead atoms. The summed E-state index contributed by atoms with van der Waals surface area (Å²) < 4.78 is 30.3. The lowest BCUT2D eigenvalue weighted by Crippen LogP contribution is -2.49. The van der Waals surface area contributed by atoms with Gasteiger partial charge in [-0.1, -0.05) is 0 Å². The van der Waals surface area contributed by atoms with Crippen molar-refractivity contribution in [1.29, 1.82) is 0 Å². The summed E-state index contributed by atoms with van der Waals surface area (Å²) >= 11 is 0. The lowest BCUT2D eigenvalue weighted by atomic mass is 9.78. The lowest BCUT2D eigenvalue weighted by molar-refractivity contribution is -0.0649. The third-order valence-electron chi connectivity index (χ3n) is 5.69. The summed E-state index contributed by atoms with van der Waals surface area (Å²) in [5.41, 5.74) is 0.375. The van der Waals surface area contributed by atoms with E-state index in [2.05, 4.69) is 4.98 Å². The first-order chi connectivity index (χ1) is 13.2. The number of ether oxygens (including phenoxy) is 2. The van der Waals surface area contributed by atoms with Crippen molar-refractivity contribution in [3.63, 3.8) is 0 Å². The molecule has 1 spiro atoms. The molecule has 1 unspecified atom stereocenters. The first-order valence-corrected chi connectivity index (χ1v) is 9.37. The third-order valence-corrected chi connectivity index (χ3v) is 5.69. The molecule has 1 atom stereocenters. The van der Waals surface area contributed by atoms with Crippen LogP contribution >= 0.6 is 0 Å². The van der Waals surface area contributed by atoms with Gasteiger partial charge in [0, 0.05) is 25.9 Å². The maximum Gasteiger partial charge on any atom is 0.257 e. The standard InChI is InChI=1S/C20H23FN2O4/c21-17-2-1-8-22-18(17)26-12-4-16-5-13-27-20(16)6-9-23(10-7-20)19(24)15-3-11-25-14-15/h1-3,8,11,14,16H,4-7,9-10,12-13H2. The number of carbonyl (C=O) groups is 1. The molecule has 0 aliphatic carbocycles. The normalized spacial score (nSPS) is 21.5. The molecule has 0 N–H and O–H groups in total. The maximum atomic E-state index is 13.6. The van der Waals surface area contributed by atoms with E-state index in [0.717, 1.165) is 32.3 Å². The van der Waals surface area contributed by atoms with Crippen molar-refractivity contribution < 1.29 is 23.1 Å². The Bertz CT molecular complexity index is 772. The van der Waals surface area contributed by atoms with Gasteiger partial charge in [0.2, 0.25) is 5.88 Å². The van der Waals surface area contributed by atoms with Crippen molar-refractivity contribution in [2.24, 2.45) is 5.92 Å². The highest BCUT2D eigenvalue weighted by atomic mass is 19.1. The zero-order chi connectivity index (χ0) is 18.7. The molecule has 4 rings (SSSR count). The van der Waals surface area contributed by atoms with E-state index < -0.39 is 5.82 Å². The fourth-order valence-electron chi connectivity index (χ4n) is 4.18. The van der Waals surface area contributed by atoms with Crippen molar-refractivity contribution in [2.75, 3.05) is 26.3 Å². The van der Waals surface area contributed by atoms with E-state index in [4.69, 9.17) is 13.9 Å². The third kappa shape index (κ3) is 3.69. The van der Waals surface area contributed by atoms with Crippen molar-refractivity contribution in [1.82, 2.24) is 9.88 Å². The number of furan rings is 1. The SMILES string of the molecule is O=C(c1ccoc1)N1CCC2(CC1)OCCC2CCOc1ncccc1F. The predicted octanol–water partition coefficient (Wildman–Crippen LogP) is 3.29. The second-order valence-electron chi connectivity index (χ2n) is 7.13. The molecule has 4 heterocycles. The molecule has 7 heteroatoms. The fraction of sp³-hybridized carbons (Fsp3) is 0.500. The van der Waals surface area contributed by atoms with Crippen LogP contribution in [0, 0.1) is 11.7 Å². The predicted molar refractivity (Wildman–Crippen MR) is 94.9 cm³/mol. The smallest absolute Gasteiger partial charge is 0.257 e. The Hall–Kier alpha value is -2.41. The largest absolute Gasteiger partial charge is 0.476 e. The molecule has 2 aliphatic rings. The van der Waals surface area contributed by atoms with Crippen LogP contribution in [0.25, 0.3) is 0 Å². The number of pyridine rings is 1. The molecular formula is C20H23FN2O4. The molecule has 27 heavy (non-hydrogen) atoms. The highest BCUT2D eigenvalue weighted by Gasteiger charge is 2.46. The molecule has 1 amide bonds. The number of aromatic nitrogens is 1. The molecule has 2 saturated heterocycles. The summed E-state index contributed by atoms with van der Waals surface area (Å²) in [4.78, 5) is 18.2. The molecule has 2 aromatic rings. The van der Waals surface area contributed by atoms with Crippen LogP contribution in [0.15, 0.2) is 41.3 Å². The summed E-state index contributed by atoms with van der Waals surface area (Å²) in [5.74, 6) is -0.0514. The number of rotatable bonds is 5. The van der Waals surface area contributed by atoms with Gasteiger partial charge in [-0.3, -0.25) is 4.79 Å². The summed E-state index contributed by atoms with van der Waals surface area (Å²) in [5, 5.41) is 0. The van der Waals surface area contributed by atoms with Gasteiger partial charge in [0.25, 0.3) is 5.91 Å². The van der Waals surface area contributed by atoms with Crippen LogP contribution < -0.4 is 4.74 Å². The zero-order valence-corrected chi connectivity index (χ0v) is 15.1. The van der Waals surface area contributed by atoms with E-state index in [9.17, 15) is 9.18 Å². The second kappa shape index (κ2) is 7.68. The van der Waals surface area contributed by atoms with Crippen LogP contribution in [0.5, 0.6) is 5.88 Å². The summed E-state index contributed by atoms with van der Waals surface area (Å²) in [6.45, 7) is 2.45. The number of nitrogens with zero attached hydrogens (tertiary/aromatic N) is 2. The van der Waals surface area contributed by atoms with Crippen LogP contribution in [0.4, 0.5) is 4.39 Å². The Morgan fingerprint density at radius 3 is 2.96 bits per heavy atom. The first-order valence-electron chi connectivity index (χ1n) is 9.37. The Labute approximate surface area is 157 Å². The van der Waals surface area contributed by atoms with Crippen molar-refractivity contribution in [3.05, 3.63) is 48.3 Å². The quantitative estimate of drug-likeness (QED) is 0.804. The zero-order valence-electron chi connectivity index (χ0n) is 15.1. The summed E-state index contributed by atoms with van der Waals surface area (Å²) in [6, 6.07) is 4.57. The molecule has 2 fully saturated rings. The van der Waals surface area contributed by atoms with Gasteiger partial charge < -0.3 is 18.8 Å². The van der Waals surface area contributed by atoms with Gasteiger partial charge in [0.1, 0.15) is 6.26 Å². The Balaban J connectivity index is 1.32. The average Bonchev–Trinajstić information content (AvgIpc) is 3.35. The van der Waals surface area contributed by atoms with Gasteiger partial charge in [-0.05, 0) is 49.8 Å². The van der Waals surface area contributed by atoms with Crippen LogP contribution in [-0.4, -0.2) is 47.7 Å². The monoisotopic (exact) mass is 374 g/mol. The number of hydrogen-bond acceptors (Lipinski definition) is 5. The number of carbonyl (C=O) groups excluding carboxylic acids is 1. The van der Waals surface area contributed by atoms with E-state index in [-0.39, 0.29) is 17.4 Å². The van der Waals surface area contributed by atoms with Crippen LogP contribution in [0.1, 0.15) is 36.0 Å². The molecule has 2 aliphatic heterocycles. The van der Waals surface area contributed by atoms with Crippen LogP contribution in [0.3, 0.4) is 0 Å². The Kier molecular flexibility index (Phi) is 5.11. The molecule has 0 aromatic carbocycles. The molecule has 2 aromatic heterocycles. The molecule has 144 valence electrons. The van der Waals surface area contributed by atoms with E-state index in [1.165, 1.54) is 24.8 Å². The average molecular weight is 374 g/mol. The van der Waals surface area contributed by atoms with E-state index in [1.807, 2.05) is 4.90 Å². The highest BCUT2D eigenvalue weighted by molar-refractivity contribution is 5.93. The minimum atomic E-state index is -0.444. The number of amides is 1. The number of likely N-dealkylation sites (tertiary alicyclic amines) is 1. The topological polar surface area (TPSA) is 64.8 Å². The molecule has 6 nitrogen and oxygen atoms in total. The minimum absolute atomic E-state index is 0.00195. The Morgan fingerprint density at radius 2 is 2.22 bits per heavy atom. The van der Waals surface area contributed by atoms with Gasteiger partial charge in [-0.2, -0.15) is 0 Å². The van der Waals surface area contributed by atoms with Crippen molar-refractivity contribution in [2.45, 2.75) is 31.3 Å². The Morgan fingerprint density at radius 1 is 1.37 bits per heavy atom. The number of piperidine rings is 1. The van der Waals surface area contributed by atoms with Crippen LogP contribution in [0.2, 0.25) is 0 Å². The van der Waals surface area contributed by atoms with Gasteiger partial charge in [-0.15, -0.1) is 0 Å². The maximum absolute atomic E-state index is 13.6. The minimum Gasteiger partial charge on any atom is -0.476 e. The van der Waals surface area contributed by atoms with E-state index in [1.54, 1.807) is 12.1 Å². The molecule has 0 radical (unpaired) electrons. The number of hydrogen-bond donors (Lipinski definition) is 0. The van der Waals surface area contributed by atoms with Crippen molar-refractivity contribution >= 4 is 5.91 Å². The van der Waals surface area contributed by atoms with E-state index in [0.29, 0.717) is 31.2 Å². The van der Waals surface area contributed by atoms with Gasteiger partial charge in [-0.25, -0.2) is 9.37 Å². The molecule has 0 saturated carbocycles. The van der Waals surface area contributed by atoms with E-state index >= 15 is 0 Å². The summed E-state index contributed by atoms with van der Waals surface area (Å²) in [7, 11) is 0. The molecular weight excluding hydrogens is 351 g/mol. The fourth-order valence-corrected chi connectivity index (χ4v) is 4.18. The van der Waals surface area contributed by atoms with Gasteiger partial charge in [0.05, 0.1) is 24.0 Å². The first kappa shape index (κ1) is 18.0. The van der Waals surface area contributed by atoms with Crippen LogP contribution in [-0.2, 0) is 4.74 Å². The lowest BCUT2D eigenvalue weighted by Gasteiger charge is -2.42. The second-order valence-corrected chi connectivity index (χ2v) is 7.13. The number of halogens is 1.